The second-order valence-electron chi connectivity index (χ2n) is 2.04. The maximum atomic E-state index is 10.8. The van der Waals surface area contributed by atoms with Crippen LogP contribution >= 0.6 is 0 Å². The van der Waals surface area contributed by atoms with Crippen LogP contribution in [0.4, 0.5) is 0 Å². The summed E-state index contributed by atoms with van der Waals surface area (Å²) in [5, 5.41) is 0. The zero-order valence-corrected chi connectivity index (χ0v) is 7.45. The van der Waals surface area contributed by atoms with Crippen molar-refractivity contribution in [3.63, 3.8) is 0 Å². The molecule has 0 aromatic rings. The molecule has 0 heterocycles. The number of nitrogens with one attached hydrogen (secondary N) is 2. The van der Waals surface area contributed by atoms with E-state index in [4.69, 9.17) is 5.73 Å². The molecule has 0 bridgehead atoms. The zero-order valence-electron chi connectivity index (χ0n) is 6.63. The van der Waals surface area contributed by atoms with Crippen LogP contribution in [0.2, 0.25) is 0 Å². The maximum absolute atomic E-state index is 10.8. The number of hydrogen-bond donors (Lipinski definition) is 3. The summed E-state index contributed by atoms with van der Waals surface area (Å²) in [6.45, 7) is 3.01. The molecule has 68 valence electrons. The van der Waals surface area contributed by atoms with Gasteiger partial charge in [-0.2, -0.15) is 8.42 Å². The third kappa shape index (κ3) is 6.24. The summed E-state index contributed by atoms with van der Waals surface area (Å²) in [6.07, 6.45) is 0.657. The first-order chi connectivity index (χ1) is 5.12. The molecular formula is C5H15N3O2S. The Morgan fingerprint density at radius 2 is 2.00 bits per heavy atom. The predicted molar refractivity (Wildman–Crippen MR) is 44.3 cm³/mol. The first-order valence-electron chi connectivity index (χ1n) is 3.56. The smallest absolute Gasteiger partial charge is 0.276 e. The van der Waals surface area contributed by atoms with Gasteiger partial charge in [0.1, 0.15) is 0 Å². The van der Waals surface area contributed by atoms with Gasteiger partial charge in [-0.1, -0.05) is 6.92 Å². The normalized spacial score (nSPS) is 11.8. The monoisotopic (exact) mass is 181 g/mol. The maximum Gasteiger partial charge on any atom is 0.276 e. The van der Waals surface area contributed by atoms with Crippen molar-refractivity contribution in [3.05, 3.63) is 0 Å². The Morgan fingerprint density at radius 1 is 1.36 bits per heavy atom. The van der Waals surface area contributed by atoms with Crippen molar-refractivity contribution < 1.29 is 8.42 Å². The molecule has 0 aliphatic rings. The highest BCUT2D eigenvalue weighted by molar-refractivity contribution is 7.87. The van der Waals surface area contributed by atoms with E-state index in [-0.39, 0.29) is 0 Å². The van der Waals surface area contributed by atoms with Gasteiger partial charge >= 0.3 is 0 Å². The Morgan fingerprint density at radius 3 is 2.45 bits per heavy atom. The first-order valence-corrected chi connectivity index (χ1v) is 5.05. The molecule has 5 nitrogen and oxygen atoms in total. The lowest BCUT2D eigenvalue weighted by Crippen LogP contribution is -2.37. The molecule has 0 saturated heterocycles. The molecule has 0 aromatic heterocycles. The lowest BCUT2D eigenvalue weighted by molar-refractivity contribution is 0.567. The minimum absolute atomic E-state index is 0.395. The minimum Gasteiger partial charge on any atom is -0.330 e. The molecule has 0 spiro atoms. The van der Waals surface area contributed by atoms with E-state index in [0.29, 0.717) is 26.1 Å². The highest BCUT2D eigenvalue weighted by atomic mass is 32.2. The van der Waals surface area contributed by atoms with Gasteiger partial charge in [0, 0.05) is 13.1 Å². The van der Waals surface area contributed by atoms with E-state index < -0.39 is 10.2 Å². The molecule has 0 rings (SSSR count). The van der Waals surface area contributed by atoms with Gasteiger partial charge in [-0.3, -0.25) is 0 Å². The average molecular weight is 181 g/mol. The van der Waals surface area contributed by atoms with Crippen molar-refractivity contribution >= 4 is 10.2 Å². The summed E-state index contributed by atoms with van der Waals surface area (Å²) in [6, 6.07) is 0. The van der Waals surface area contributed by atoms with Crippen molar-refractivity contribution in [2.45, 2.75) is 13.3 Å². The minimum atomic E-state index is -3.26. The van der Waals surface area contributed by atoms with E-state index in [9.17, 15) is 8.42 Å². The van der Waals surface area contributed by atoms with Crippen molar-refractivity contribution in [1.29, 1.82) is 0 Å². The molecule has 11 heavy (non-hydrogen) atoms. The van der Waals surface area contributed by atoms with Crippen LogP contribution in [0.1, 0.15) is 13.3 Å². The van der Waals surface area contributed by atoms with E-state index in [1.807, 2.05) is 0 Å². The van der Waals surface area contributed by atoms with Crippen LogP contribution in [0.25, 0.3) is 0 Å². The number of hydrogen-bond acceptors (Lipinski definition) is 3. The van der Waals surface area contributed by atoms with Crippen molar-refractivity contribution in [1.82, 2.24) is 9.44 Å². The van der Waals surface area contributed by atoms with Crippen molar-refractivity contribution in [2.75, 3.05) is 19.6 Å². The van der Waals surface area contributed by atoms with Crippen LogP contribution in [0.3, 0.4) is 0 Å². The van der Waals surface area contributed by atoms with E-state index in [1.165, 1.54) is 0 Å². The third-order valence-corrected chi connectivity index (χ3v) is 2.26. The molecule has 0 aliphatic carbocycles. The van der Waals surface area contributed by atoms with E-state index in [2.05, 4.69) is 9.44 Å². The van der Waals surface area contributed by atoms with Crippen LogP contribution in [-0.4, -0.2) is 28.1 Å². The fourth-order valence-corrected chi connectivity index (χ4v) is 1.44. The molecular weight excluding hydrogens is 166 g/mol. The highest BCUT2D eigenvalue weighted by Crippen LogP contribution is 1.77. The molecule has 4 N–H and O–H groups in total. The molecule has 0 saturated carbocycles. The molecule has 0 radical (unpaired) electrons. The number of nitrogens with two attached hydrogens (primary N) is 1. The lowest BCUT2D eigenvalue weighted by atomic mass is 10.4. The molecule has 0 unspecified atom stereocenters. The van der Waals surface area contributed by atoms with E-state index >= 15 is 0 Å². The summed E-state index contributed by atoms with van der Waals surface area (Å²) >= 11 is 0. The Hall–Kier alpha value is -0.170. The quantitative estimate of drug-likeness (QED) is 0.449. The standard InChI is InChI=1S/C5H15N3O2S/c1-2-7-11(9,10)8-5-3-4-6/h7-8H,2-6H2,1H3. The summed E-state index contributed by atoms with van der Waals surface area (Å²) in [5.41, 5.74) is 5.18. The molecule has 0 fully saturated rings. The van der Waals surface area contributed by atoms with Crippen molar-refractivity contribution in [3.8, 4) is 0 Å². The molecule has 0 aliphatic heterocycles. The lowest BCUT2D eigenvalue weighted by Gasteiger charge is -2.04. The summed E-state index contributed by atoms with van der Waals surface area (Å²) in [7, 11) is -3.26. The van der Waals surface area contributed by atoms with Crippen molar-refractivity contribution in [2.24, 2.45) is 5.73 Å². The molecule has 0 aromatic carbocycles. The second kappa shape index (κ2) is 5.48. The van der Waals surface area contributed by atoms with Gasteiger partial charge in [-0.25, -0.2) is 9.44 Å². The fraction of sp³-hybridized carbons (Fsp3) is 1.00. The summed E-state index contributed by atoms with van der Waals surface area (Å²) in [5.74, 6) is 0. The van der Waals surface area contributed by atoms with Crippen LogP contribution in [0.5, 0.6) is 0 Å². The Labute approximate surface area is 67.5 Å². The first kappa shape index (κ1) is 10.8. The van der Waals surface area contributed by atoms with Gasteiger partial charge < -0.3 is 5.73 Å². The van der Waals surface area contributed by atoms with Crippen LogP contribution in [-0.2, 0) is 10.2 Å². The SMILES string of the molecule is CCNS(=O)(=O)NCCCN. The van der Waals surface area contributed by atoms with Crippen LogP contribution in [0, 0.1) is 0 Å². The fourth-order valence-electron chi connectivity index (χ4n) is 0.550. The summed E-state index contributed by atoms with van der Waals surface area (Å²) in [4.78, 5) is 0. The predicted octanol–water partition coefficient (Wildman–Crippen LogP) is -1.22. The van der Waals surface area contributed by atoms with Gasteiger partial charge in [0.05, 0.1) is 0 Å². The number of rotatable bonds is 6. The van der Waals surface area contributed by atoms with Gasteiger partial charge in [0.2, 0.25) is 0 Å². The molecule has 0 atom stereocenters. The van der Waals surface area contributed by atoms with E-state index in [1.54, 1.807) is 6.92 Å². The van der Waals surface area contributed by atoms with Gasteiger partial charge in [-0.05, 0) is 13.0 Å². The second-order valence-corrected chi connectivity index (χ2v) is 3.62. The summed E-state index contributed by atoms with van der Waals surface area (Å²) < 4.78 is 26.3. The average Bonchev–Trinajstić information content (AvgIpc) is 1.87. The van der Waals surface area contributed by atoms with Crippen LogP contribution < -0.4 is 15.2 Å². The van der Waals surface area contributed by atoms with Gasteiger partial charge in [-0.15, -0.1) is 0 Å². The van der Waals surface area contributed by atoms with E-state index in [0.717, 1.165) is 0 Å². The van der Waals surface area contributed by atoms with Gasteiger partial charge in [0.25, 0.3) is 10.2 Å². The van der Waals surface area contributed by atoms with Crippen LogP contribution in [0.15, 0.2) is 0 Å². The molecule has 0 amide bonds. The van der Waals surface area contributed by atoms with Gasteiger partial charge in [0.15, 0.2) is 0 Å². The Bertz CT molecular complexity index is 178. The third-order valence-electron chi connectivity index (χ3n) is 1.01. The molecule has 6 heteroatoms. The Kier molecular flexibility index (Phi) is 5.39. The topological polar surface area (TPSA) is 84.2 Å². The highest BCUT2D eigenvalue weighted by Gasteiger charge is 2.04. The Balaban J connectivity index is 3.56. The zero-order chi connectivity index (χ0) is 8.74. The largest absolute Gasteiger partial charge is 0.330 e.